The van der Waals surface area contributed by atoms with Crippen molar-refractivity contribution in [1.29, 1.82) is 0 Å². The average molecular weight is 539 g/mol. The Labute approximate surface area is 225 Å². The zero-order valence-electron chi connectivity index (χ0n) is 20.4. The van der Waals surface area contributed by atoms with Crippen LogP contribution < -0.4 is 10.2 Å². The number of carbonyl (C=O) groups is 1. The number of hydrogen-bond acceptors (Lipinski definition) is 4. The van der Waals surface area contributed by atoms with Crippen LogP contribution in [0.25, 0.3) is 17.0 Å². The molecule has 2 aromatic carbocycles. The van der Waals surface area contributed by atoms with Crippen LogP contribution in [0.2, 0.25) is 10.2 Å². The Morgan fingerprint density at radius 2 is 2.11 bits per heavy atom. The Balaban J connectivity index is 1.39. The maximum Gasteiger partial charge on any atom is 0.267 e. The van der Waals surface area contributed by atoms with Crippen molar-refractivity contribution in [2.75, 3.05) is 13.7 Å². The number of nitrogens with one attached hydrogen (secondary N) is 3. The van der Waals surface area contributed by atoms with Crippen molar-refractivity contribution in [1.82, 2.24) is 20.3 Å². The third kappa shape index (κ3) is 5.55. The van der Waals surface area contributed by atoms with Gasteiger partial charge in [0.1, 0.15) is 10.9 Å². The molecule has 37 heavy (non-hydrogen) atoms. The summed E-state index contributed by atoms with van der Waals surface area (Å²) in [6, 6.07) is 14.5. The van der Waals surface area contributed by atoms with E-state index in [-0.39, 0.29) is 6.04 Å². The lowest BCUT2D eigenvalue weighted by atomic mass is 10.0. The Hall–Kier alpha value is -3.23. The molecule has 7 nitrogen and oxygen atoms in total. The minimum Gasteiger partial charge on any atom is -0.497 e. The number of fused-ring (bicyclic) bond motifs is 2. The molecule has 1 atom stereocenters. The maximum absolute atomic E-state index is 11.4. The van der Waals surface area contributed by atoms with Crippen LogP contribution in [0, 0.1) is 0 Å². The second kappa shape index (κ2) is 11.0. The lowest BCUT2D eigenvalue weighted by Crippen LogP contribution is -2.29. The van der Waals surface area contributed by atoms with Gasteiger partial charge in [-0.2, -0.15) is 0 Å². The molecule has 192 valence electrons. The number of halogens is 2. The smallest absolute Gasteiger partial charge is 0.267 e. The van der Waals surface area contributed by atoms with Crippen molar-refractivity contribution in [2.24, 2.45) is 0 Å². The van der Waals surface area contributed by atoms with Crippen molar-refractivity contribution < 1.29 is 14.7 Å². The molecule has 2 aromatic heterocycles. The van der Waals surface area contributed by atoms with Gasteiger partial charge in [-0.15, -0.1) is 0 Å². The Morgan fingerprint density at radius 3 is 2.86 bits per heavy atom. The molecular formula is C28H28Cl2N4O3. The molecule has 0 saturated carbocycles. The van der Waals surface area contributed by atoms with Crippen molar-refractivity contribution >= 4 is 46.1 Å². The van der Waals surface area contributed by atoms with E-state index >= 15 is 0 Å². The highest BCUT2D eigenvalue weighted by molar-refractivity contribution is 6.41. The summed E-state index contributed by atoms with van der Waals surface area (Å²) in [6.07, 6.45) is 7.91. The van der Waals surface area contributed by atoms with E-state index in [2.05, 4.69) is 39.3 Å². The fraction of sp³-hybridized carbons (Fsp3) is 0.250. The summed E-state index contributed by atoms with van der Waals surface area (Å²) in [7, 11) is 1.67. The first-order valence-electron chi connectivity index (χ1n) is 12.1. The topological polar surface area (TPSA) is 93.4 Å². The van der Waals surface area contributed by atoms with Gasteiger partial charge in [-0.25, -0.2) is 5.48 Å². The third-order valence-electron chi connectivity index (χ3n) is 6.99. The highest BCUT2D eigenvalue weighted by atomic mass is 35.5. The van der Waals surface area contributed by atoms with E-state index in [1.54, 1.807) is 18.7 Å². The van der Waals surface area contributed by atoms with Gasteiger partial charge in [-0.1, -0.05) is 41.4 Å². The number of benzene rings is 2. The van der Waals surface area contributed by atoms with Crippen LogP contribution in [-0.2, 0) is 24.2 Å². The molecule has 5 rings (SSSR count). The Bertz CT molecular complexity index is 1440. The van der Waals surface area contributed by atoms with E-state index < -0.39 is 5.91 Å². The predicted molar refractivity (Wildman–Crippen MR) is 146 cm³/mol. The summed E-state index contributed by atoms with van der Waals surface area (Å²) >= 11 is 12.4. The molecule has 0 aliphatic heterocycles. The zero-order valence-corrected chi connectivity index (χ0v) is 21.9. The van der Waals surface area contributed by atoms with E-state index in [9.17, 15) is 4.79 Å². The first kappa shape index (κ1) is 25.4. The number of hydrogen-bond donors (Lipinski definition) is 4. The second-order valence-electron chi connectivity index (χ2n) is 9.22. The summed E-state index contributed by atoms with van der Waals surface area (Å²) in [5.74, 6) is 0.278. The number of hydroxylamine groups is 1. The number of aryl methyl sites for hydroxylation is 1. The van der Waals surface area contributed by atoms with Crippen LogP contribution in [0.3, 0.4) is 0 Å². The Morgan fingerprint density at radius 1 is 1.24 bits per heavy atom. The molecular weight excluding hydrogens is 511 g/mol. The average Bonchev–Trinajstić information content (AvgIpc) is 3.60. The number of carbonyl (C=O) groups excluding carboxylic acids is 1. The van der Waals surface area contributed by atoms with Gasteiger partial charge >= 0.3 is 0 Å². The fourth-order valence-electron chi connectivity index (χ4n) is 5.17. The number of nitrogens with zero attached hydrogens (tertiary/aromatic N) is 1. The van der Waals surface area contributed by atoms with Gasteiger partial charge in [-0.3, -0.25) is 14.9 Å². The predicted octanol–water partition coefficient (Wildman–Crippen LogP) is 6.06. The third-order valence-corrected chi connectivity index (χ3v) is 7.68. The van der Waals surface area contributed by atoms with Crippen molar-refractivity contribution in [3.63, 3.8) is 0 Å². The molecule has 0 radical (unpaired) electrons. The molecule has 0 bridgehead atoms. The summed E-state index contributed by atoms with van der Waals surface area (Å²) in [6.45, 7) is 1.53. The van der Waals surface area contributed by atoms with Gasteiger partial charge in [0.25, 0.3) is 5.91 Å². The number of rotatable bonds is 9. The van der Waals surface area contributed by atoms with E-state index in [0.29, 0.717) is 16.7 Å². The minimum absolute atomic E-state index is 0.236. The molecule has 0 fully saturated rings. The van der Waals surface area contributed by atoms with E-state index in [0.717, 1.165) is 48.3 Å². The number of aromatic amines is 2. The molecule has 9 heteroatoms. The molecule has 4 N–H and O–H groups in total. The largest absolute Gasteiger partial charge is 0.497 e. The molecule has 1 unspecified atom stereocenters. The number of aromatic nitrogens is 2. The van der Waals surface area contributed by atoms with Crippen molar-refractivity contribution in [3.05, 3.63) is 92.9 Å². The number of ether oxygens (including phenoxy) is 1. The van der Waals surface area contributed by atoms with Crippen LogP contribution in [0.4, 0.5) is 0 Å². The SMILES string of the molecule is COc1ccc2c(CCN(Cc3cc(Cl)c(Cl)[nH]3)C3CCc4cc(/C=C/C(=O)NO)ccc43)c[nH]c2c1. The van der Waals surface area contributed by atoms with Crippen molar-refractivity contribution in [2.45, 2.75) is 31.8 Å². The lowest BCUT2D eigenvalue weighted by Gasteiger charge is -2.29. The van der Waals surface area contributed by atoms with Crippen LogP contribution in [0.5, 0.6) is 5.75 Å². The molecule has 2 heterocycles. The van der Waals surface area contributed by atoms with Gasteiger partial charge in [0.15, 0.2) is 0 Å². The summed E-state index contributed by atoms with van der Waals surface area (Å²) in [5, 5.41) is 10.9. The quantitative estimate of drug-likeness (QED) is 0.118. The summed E-state index contributed by atoms with van der Waals surface area (Å²) < 4.78 is 5.36. The van der Waals surface area contributed by atoms with Gasteiger partial charge in [0.05, 0.1) is 12.1 Å². The molecule has 0 saturated heterocycles. The number of H-pyrrole nitrogens is 2. The molecule has 1 amide bonds. The highest BCUT2D eigenvalue weighted by Crippen LogP contribution is 2.38. The van der Waals surface area contributed by atoms with E-state index in [1.807, 2.05) is 24.3 Å². The molecule has 1 aliphatic rings. The van der Waals surface area contributed by atoms with Crippen molar-refractivity contribution in [3.8, 4) is 5.75 Å². The first-order chi connectivity index (χ1) is 17.9. The first-order valence-corrected chi connectivity index (χ1v) is 12.9. The minimum atomic E-state index is -0.552. The standard InChI is InChI=1S/C28H28Cl2N4O3/c1-37-21-5-7-22-19(15-31-25(22)14-21)10-11-34(16-20-13-24(29)28(30)32-20)26-8-4-18-12-17(2-6-23(18)26)3-9-27(35)33-36/h2-3,5-7,9,12-15,26,31-32,36H,4,8,10-11,16H2,1H3,(H,33,35)/b9-3+. The number of methoxy groups -OCH3 is 1. The summed E-state index contributed by atoms with van der Waals surface area (Å²) in [5.41, 5.74) is 8.39. The maximum atomic E-state index is 11.4. The lowest BCUT2D eigenvalue weighted by molar-refractivity contribution is -0.124. The molecule has 0 spiro atoms. The second-order valence-corrected chi connectivity index (χ2v) is 10.0. The van der Waals surface area contributed by atoms with Crippen LogP contribution in [0.1, 0.15) is 40.4 Å². The fourth-order valence-corrected chi connectivity index (χ4v) is 5.53. The van der Waals surface area contributed by atoms with Gasteiger partial charge in [-0.05, 0) is 65.8 Å². The monoisotopic (exact) mass is 538 g/mol. The van der Waals surface area contributed by atoms with Gasteiger partial charge in [0.2, 0.25) is 0 Å². The number of amides is 1. The summed E-state index contributed by atoms with van der Waals surface area (Å²) in [4.78, 5) is 20.4. The molecule has 1 aliphatic carbocycles. The van der Waals surface area contributed by atoms with Gasteiger partial charge < -0.3 is 14.7 Å². The Kier molecular flexibility index (Phi) is 7.58. The van der Waals surface area contributed by atoms with Crippen LogP contribution in [0.15, 0.2) is 54.7 Å². The molecule has 4 aromatic rings. The van der Waals surface area contributed by atoms with Gasteiger partial charge in [0, 0.05) is 54.1 Å². The highest BCUT2D eigenvalue weighted by Gasteiger charge is 2.28. The van der Waals surface area contributed by atoms with E-state index in [1.165, 1.54) is 28.2 Å². The van der Waals surface area contributed by atoms with E-state index in [4.69, 9.17) is 33.1 Å². The van der Waals surface area contributed by atoms with Crippen LogP contribution >= 0.6 is 23.2 Å². The van der Waals surface area contributed by atoms with Crippen LogP contribution in [-0.4, -0.2) is 39.6 Å². The normalized spacial score (nSPS) is 15.1. The zero-order chi connectivity index (χ0) is 25.9.